The smallest absolute Gasteiger partial charge is 0.336 e. The molecular weight excluding hydrogens is 264 g/mol. The van der Waals surface area contributed by atoms with Gasteiger partial charge in [0, 0.05) is 23.3 Å². The lowest BCUT2D eigenvalue weighted by Gasteiger charge is -2.04. The number of aryl methyl sites for hydroxylation is 1. The van der Waals surface area contributed by atoms with E-state index in [2.05, 4.69) is 9.97 Å². The van der Waals surface area contributed by atoms with Crippen LogP contribution in [0.15, 0.2) is 48.8 Å². The summed E-state index contributed by atoms with van der Waals surface area (Å²) in [7, 11) is 0. The number of aliphatic carboxylic acids is 1. The fourth-order valence-electron chi connectivity index (χ4n) is 2.33. The highest BCUT2D eigenvalue weighted by Crippen LogP contribution is 2.24. The van der Waals surface area contributed by atoms with Crippen molar-refractivity contribution >= 4 is 28.7 Å². The zero-order valence-corrected chi connectivity index (χ0v) is 11.5. The molecule has 0 saturated heterocycles. The van der Waals surface area contributed by atoms with Crippen LogP contribution in [0.1, 0.15) is 16.7 Å². The molecule has 21 heavy (non-hydrogen) atoms. The van der Waals surface area contributed by atoms with E-state index in [0.717, 1.165) is 22.2 Å². The van der Waals surface area contributed by atoms with Gasteiger partial charge in [0.1, 0.15) is 5.65 Å². The van der Waals surface area contributed by atoms with Crippen LogP contribution in [0.5, 0.6) is 0 Å². The number of hydrogen-bond donors (Lipinski definition) is 2. The molecule has 3 rings (SSSR count). The van der Waals surface area contributed by atoms with Crippen LogP contribution in [0, 0.1) is 6.92 Å². The highest BCUT2D eigenvalue weighted by Gasteiger charge is 2.12. The molecule has 0 bridgehead atoms. The number of nitrogens with zero attached hydrogens (tertiary/aromatic N) is 1. The van der Waals surface area contributed by atoms with E-state index in [1.807, 2.05) is 37.3 Å². The SMILES string of the molecule is Cc1cccc(C(=Cc2c[nH]c3ncccc23)C(=O)O)c1. The molecule has 0 radical (unpaired) electrons. The normalized spacial score (nSPS) is 11.8. The topological polar surface area (TPSA) is 66.0 Å². The monoisotopic (exact) mass is 278 g/mol. The molecule has 0 amide bonds. The third-order valence-corrected chi connectivity index (χ3v) is 3.34. The van der Waals surface area contributed by atoms with E-state index >= 15 is 0 Å². The number of carboxylic acids is 1. The summed E-state index contributed by atoms with van der Waals surface area (Å²) in [4.78, 5) is 18.8. The lowest BCUT2D eigenvalue weighted by Crippen LogP contribution is -1.99. The zero-order valence-electron chi connectivity index (χ0n) is 11.5. The van der Waals surface area contributed by atoms with Crippen LogP contribution in [0.25, 0.3) is 22.7 Å². The second-order valence-electron chi connectivity index (χ2n) is 4.88. The molecule has 2 N–H and O–H groups in total. The molecule has 0 aliphatic rings. The van der Waals surface area contributed by atoms with Gasteiger partial charge in [-0.15, -0.1) is 0 Å². The lowest BCUT2D eigenvalue weighted by atomic mass is 10.0. The number of benzene rings is 1. The molecule has 2 heterocycles. The zero-order chi connectivity index (χ0) is 14.8. The van der Waals surface area contributed by atoms with Crippen molar-refractivity contribution in [2.75, 3.05) is 0 Å². The van der Waals surface area contributed by atoms with Gasteiger partial charge >= 0.3 is 5.97 Å². The number of rotatable bonds is 3. The number of nitrogens with one attached hydrogen (secondary N) is 1. The molecule has 1 aromatic carbocycles. The van der Waals surface area contributed by atoms with Gasteiger partial charge < -0.3 is 10.1 Å². The Hall–Kier alpha value is -2.88. The summed E-state index contributed by atoms with van der Waals surface area (Å²) in [6.07, 6.45) is 5.15. The van der Waals surface area contributed by atoms with Gasteiger partial charge in [0.2, 0.25) is 0 Å². The van der Waals surface area contributed by atoms with E-state index < -0.39 is 5.97 Å². The van der Waals surface area contributed by atoms with Crippen molar-refractivity contribution in [1.29, 1.82) is 0 Å². The molecule has 4 heteroatoms. The van der Waals surface area contributed by atoms with E-state index in [-0.39, 0.29) is 5.57 Å². The summed E-state index contributed by atoms with van der Waals surface area (Å²) in [5, 5.41) is 10.4. The van der Waals surface area contributed by atoms with Crippen molar-refractivity contribution in [1.82, 2.24) is 9.97 Å². The largest absolute Gasteiger partial charge is 0.478 e. The minimum atomic E-state index is -0.946. The fraction of sp³-hybridized carbons (Fsp3) is 0.0588. The van der Waals surface area contributed by atoms with E-state index in [4.69, 9.17) is 0 Å². The number of H-pyrrole nitrogens is 1. The summed E-state index contributed by atoms with van der Waals surface area (Å²) >= 11 is 0. The molecule has 3 aromatic rings. The van der Waals surface area contributed by atoms with Crippen molar-refractivity contribution in [2.24, 2.45) is 0 Å². The van der Waals surface area contributed by atoms with Crippen LogP contribution >= 0.6 is 0 Å². The molecule has 0 aliphatic heterocycles. The van der Waals surface area contributed by atoms with E-state index in [9.17, 15) is 9.90 Å². The van der Waals surface area contributed by atoms with Crippen molar-refractivity contribution in [3.63, 3.8) is 0 Å². The predicted octanol–water partition coefficient (Wildman–Crippen LogP) is 3.50. The summed E-state index contributed by atoms with van der Waals surface area (Å²) in [6, 6.07) is 11.2. The molecule has 104 valence electrons. The molecule has 0 atom stereocenters. The van der Waals surface area contributed by atoms with Gasteiger partial charge in [-0.05, 0) is 30.7 Å². The van der Waals surface area contributed by atoms with Gasteiger partial charge in [-0.2, -0.15) is 0 Å². The number of aromatic amines is 1. The van der Waals surface area contributed by atoms with Gasteiger partial charge in [-0.3, -0.25) is 0 Å². The Morgan fingerprint density at radius 3 is 2.90 bits per heavy atom. The molecule has 0 fully saturated rings. The van der Waals surface area contributed by atoms with Crippen LogP contribution in [0.4, 0.5) is 0 Å². The molecule has 0 aliphatic carbocycles. The Labute approximate surface area is 121 Å². The maximum atomic E-state index is 11.6. The minimum absolute atomic E-state index is 0.267. The van der Waals surface area contributed by atoms with E-state index in [1.54, 1.807) is 24.5 Å². The molecule has 0 spiro atoms. The molecule has 0 unspecified atom stereocenters. The van der Waals surface area contributed by atoms with Gasteiger partial charge in [0.15, 0.2) is 0 Å². The van der Waals surface area contributed by atoms with Crippen molar-refractivity contribution in [2.45, 2.75) is 6.92 Å². The molecular formula is C17H14N2O2. The third-order valence-electron chi connectivity index (χ3n) is 3.34. The first-order valence-electron chi connectivity index (χ1n) is 6.59. The van der Waals surface area contributed by atoms with Gasteiger partial charge in [0.25, 0.3) is 0 Å². The first kappa shape index (κ1) is 13.1. The average Bonchev–Trinajstić information content (AvgIpc) is 2.87. The second kappa shape index (κ2) is 5.25. The minimum Gasteiger partial charge on any atom is -0.478 e. The highest BCUT2D eigenvalue weighted by atomic mass is 16.4. The molecule has 4 nitrogen and oxygen atoms in total. The van der Waals surface area contributed by atoms with Crippen molar-refractivity contribution in [3.8, 4) is 0 Å². The van der Waals surface area contributed by atoms with Crippen LogP contribution in [-0.2, 0) is 4.79 Å². The number of hydrogen-bond acceptors (Lipinski definition) is 2. The number of fused-ring (bicyclic) bond motifs is 1. The number of pyridine rings is 1. The van der Waals surface area contributed by atoms with Gasteiger partial charge in [0.05, 0.1) is 5.57 Å². The Balaban J connectivity index is 2.15. The Morgan fingerprint density at radius 2 is 2.14 bits per heavy atom. The second-order valence-corrected chi connectivity index (χ2v) is 4.88. The molecule has 0 saturated carbocycles. The van der Waals surface area contributed by atoms with E-state index in [1.165, 1.54) is 0 Å². The lowest BCUT2D eigenvalue weighted by molar-refractivity contribution is -0.130. The van der Waals surface area contributed by atoms with Crippen molar-refractivity contribution in [3.05, 3.63) is 65.5 Å². The van der Waals surface area contributed by atoms with Crippen molar-refractivity contribution < 1.29 is 9.90 Å². The number of aromatic nitrogens is 2. The number of carboxylic acid groups (broad SMARTS) is 1. The van der Waals surface area contributed by atoms with Crippen LogP contribution in [0.2, 0.25) is 0 Å². The first-order chi connectivity index (χ1) is 10.1. The van der Waals surface area contributed by atoms with E-state index in [0.29, 0.717) is 5.56 Å². The Bertz CT molecular complexity index is 847. The summed E-state index contributed by atoms with van der Waals surface area (Å²) in [6.45, 7) is 1.94. The highest BCUT2D eigenvalue weighted by molar-refractivity contribution is 6.21. The predicted molar refractivity (Wildman–Crippen MR) is 82.8 cm³/mol. The number of carbonyl (C=O) groups is 1. The Morgan fingerprint density at radius 1 is 1.29 bits per heavy atom. The van der Waals surface area contributed by atoms with Crippen LogP contribution in [-0.4, -0.2) is 21.0 Å². The van der Waals surface area contributed by atoms with Gasteiger partial charge in [-0.1, -0.05) is 29.8 Å². The summed E-state index contributed by atoms with van der Waals surface area (Å²) in [5.41, 5.74) is 3.55. The Kier molecular flexibility index (Phi) is 3.28. The maximum Gasteiger partial charge on any atom is 0.336 e. The average molecular weight is 278 g/mol. The standard InChI is InChI=1S/C17H14N2O2/c1-11-4-2-5-12(8-11)15(17(20)21)9-13-10-19-16-14(13)6-3-7-18-16/h2-10H,1H3,(H,18,19)(H,20,21). The van der Waals surface area contributed by atoms with Crippen LogP contribution < -0.4 is 0 Å². The summed E-state index contributed by atoms with van der Waals surface area (Å²) < 4.78 is 0. The molecule has 2 aromatic heterocycles. The maximum absolute atomic E-state index is 11.6. The summed E-state index contributed by atoms with van der Waals surface area (Å²) in [5.74, 6) is -0.946. The first-order valence-corrected chi connectivity index (χ1v) is 6.59. The quantitative estimate of drug-likeness (QED) is 0.721. The third kappa shape index (κ3) is 2.56. The van der Waals surface area contributed by atoms with Gasteiger partial charge in [-0.25, -0.2) is 9.78 Å². The van der Waals surface area contributed by atoms with Crippen LogP contribution in [0.3, 0.4) is 0 Å². The fourth-order valence-corrected chi connectivity index (χ4v) is 2.33.